The minimum Gasteiger partial charge on any atom is -0.368 e. The van der Waals surface area contributed by atoms with Crippen molar-refractivity contribution in [2.45, 2.75) is 65.2 Å². The Bertz CT molecular complexity index is 1150. The second-order valence-electron chi connectivity index (χ2n) is 10.1. The lowest BCUT2D eigenvalue weighted by atomic mass is 9.93. The van der Waals surface area contributed by atoms with Gasteiger partial charge < -0.3 is 15.1 Å². The van der Waals surface area contributed by atoms with Crippen LogP contribution in [0.15, 0.2) is 36.5 Å². The van der Waals surface area contributed by atoms with Crippen molar-refractivity contribution < 1.29 is 14.4 Å². The molecule has 2 aliphatic rings. The van der Waals surface area contributed by atoms with Crippen LogP contribution in [0.2, 0.25) is 0 Å². The van der Waals surface area contributed by atoms with Crippen LogP contribution in [0, 0.1) is 0 Å². The average Bonchev–Trinajstić information content (AvgIpc) is 3.02. The van der Waals surface area contributed by atoms with Crippen LogP contribution in [0.4, 0.5) is 16.3 Å². The SMILES string of the molecule is CC(C)Nc1cc(CN2C(=O)N(c3ccc4c(c3)C(=O)N(C)C4(C)C)C(=O)C2(C)C)ccn1. The van der Waals surface area contributed by atoms with Gasteiger partial charge in [0.2, 0.25) is 0 Å². The molecule has 0 saturated carbocycles. The van der Waals surface area contributed by atoms with E-state index in [1.165, 1.54) is 4.90 Å². The largest absolute Gasteiger partial charge is 0.368 e. The summed E-state index contributed by atoms with van der Waals surface area (Å²) in [6.07, 6.45) is 1.69. The first kappa shape index (κ1) is 22.8. The molecule has 2 aliphatic heterocycles. The highest BCUT2D eigenvalue weighted by molar-refractivity contribution is 6.23. The van der Waals surface area contributed by atoms with Crippen molar-refractivity contribution in [3.63, 3.8) is 0 Å². The lowest BCUT2D eigenvalue weighted by Crippen LogP contribution is -2.43. The molecular formula is C25H31N5O3. The molecule has 8 nitrogen and oxygen atoms in total. The molecule has 0 aliphatic carbocycles. The van der Waals surface area contributed by atoms with E-state index in [1.807, 2.05) is 45.9 Å². The van der Waals surface area contributed by atoms with Gasteiger partial charge in [0.05, 0.1) is 11.2 Å². The van der Waals surface area contributed by atoms with Crippen molar-refractivity contribution in [3.05, 3.63) is 53.2 Å². The summed E-state index contributed by atoms with van der Waals surface area (Å²) in [5.74, 6) is 0.285. The van der Waals surface area contributed by atoms with Gasteiger partial charge >= 0.3 is 6.03 Å². The Hall–Kier alpha value is -3.42. The highest BCUT2D eigenvalue weighted by Crippen LogP contribution is 2.41. The number of anilines is 2. The third-order valence-corrected chi connectivity index (χ3v) is 6.72. The Balaban J connectivity index is 1.66. The van der Waals surface area contributed by atoms with Gasteiger partial charge in [0, 0.05) is 31.4 Å². The van der Waals surface area contributed by atoms with Gasteiger partial charge in [-0.2, -0.15) is 0 Å². The normalized spacial score (nSPS) is 19.0. The molecule has 4 rings (SSSR count). The van der Waals surface area contributed by atoms with Gasteiger partial charge in [-0.15, -0.1) is 0 Å². The van der Waals surface area contributed by atoms with Crippen molar-refractivity contribution >= 4 is 29.4 Å². The van der Waals surface area contributed by atoms with Crippen LogP contribution < -0.4 is 10.2 Å². The first-order valence-corrected chi connectivity index (χ1v) is 11.2. The minimum absolute atomic E-state index is 0.117. The standard InChI is InChI=1S/C25H31N5O3/c1-15(2)27-20-12-16(10-11-26-20)14-29-23(33)30(22(32)25(29,5)6)17-8-9-19-18(13-17)21(31)28(7)24(19,3)4/h8-13,15H,14H2,1-7H3,(H,26,27). The summed E-state index contributed by atoms with van der Waals surface area (Å²) in [5, 5.41) is 3.26. The number of hydrogen-bond acceptors (Lipinski definition) is 5. The van der Waals surface area contributed by atoms with Crippen LogP contribution >= 0.6 is 0 Å². The fraction of sp³-hybridized carbons (Fsp3) is 0.440. The number of fused-ring (bicyclic) bond motifs is 1. The van der Waals surface area contributed by atoms with Gasteiger partial charge in [-0.05, 0) is 76.9 Å². The van der Waals surface area contributed by atoms with E-state index < -0.39 is 17.1 Å². The number of benzene rings is 1. The lowest BCUT2D eigenvalue weighted by molar-refractivity contribution is -0.123. The molecule has 0 bridgehead atoms. The van der Waals surface area contributed by atoms with Crippen LogP contribution in [0.3, 0.4) is 0 Å². The zero-order chi connectivity index (χ0) is 24.3. The van der Waals surface area contributed by atoms with Gasteiger partial charge in [-0.25, -0.2) is 14.7 Å². The first-order valence-electron chi connectivity index (χ1n) is 11.2. The molecule has 1 N–H and O–H groups in total. The Labute approximate surface area is 194 Å². The van der Waals surface area contributed by atoms with E-state index in [2.05, 4.69) is 10.3 Å². The minimum atomic E-state index is -1.04. The molecule has 4 amide bonds. The van der Waals surface area contributed by atoms with E-state index in [1.54, 1.807) is 49.0 Å². The number of nitrogens with zero attached hydrogens (tertiary/aromatic N) is 4. The second-order valence-corrected chi connectivity index (χ2v) is 10.1. The lowest BCUT2D eigenvalue weighted by Gasteiger charge is -2.28. The van der Waals surface area contributed by atoms with E-state index in [-0.39, 0.29) is 24.4 Å². The molecular weight excluding hydrogens is 418 g/mol. The van der Waals surface area contributed by atoms with Crippen LogP contribution in [-0.2, 0) is 16.9 Å². The molecule has 3 heterocycles. The van der Waals surface area contributed by atoms with Crippen LogP contribution in [0.25, 0.3) is 0 Å². The quantitative estimate of drug-likeness (QED) is 0.698. The molecule has 1 aromatic heterocycles. The third-order valence-electron chi connectivity index (χ3n) is 6.72. The zero-order valence-corrected chi connectivity index (χ0v) is 20.3. The molecule has 0 unspecified atom stereocenters. The highest BCUT2D eigenvalue weighted by atomic mass is 16.2. The molecule has 1 saturated heterocycles. The van der Waals surface area contributed by atoms with Gasteiger partial charge in [-0.3, -0.25) is 9.59 Å². The van der Waals surface area contributed by atoms with E-state index in [9.17, 15) is 14.4 Å². The second kappa shape index (κ2) is 7.57. The zero-order valence-electron chi connectivity index (χ0n) is 20.3. The Morgan fingerprint density at radius 2 is 1.70 bits per heavy atom. The predicted octanol–water partition coefficient (Wildman–Crippen LogP) is 3.97. The fourth-order valence-corrected chi connectivity index (χ4v) is 4.46. The van der Waals surface area contributed by atoms with Crippen molar-refractivity contribution in [2.24, 2.45) is 0 Å². The number of carbonyl (C=O) groups is 3. The van der Waals surface area contributed by atoms with E-state index in [0.717, 1.165) is 16.9 Å². The fourth-order valence-electron chi connectivity index (χ4n) is 4.46. The molecule has 0 spiro atoms. The van der Waals surface area contributed by atoms with Gasteiger partial charge in [0.1, 0.15) is 11.4 Å². The maximum absolute atomic E-state index is 13.5. The molecule has 33 heavy (non-hydrogen) atoms. The molecule has 1 aromatic carbocycles. The summed E-state index contributed by atoms with van der Waals surface area (Å²) < 4.78 is 0. The van der Waals surface area contributed by atoms with Crippen molar-refractivity contribution in [1.82, 2.24) is 14.8 Å². The van der Waals surface area contributed by atoms with Crippen LogP contribution in [-0.4, -0.2) is 51.3 Å². The van der Waals surface area contributed by atoms with Crippen molar-refractivity contribution in [2.75, 3.05) is 17.3 Å². The van der Waals surface area contributed by atoms with E-state index in [4.69, 9.17) is 0 Å². The molecule has 8 heteroatoms. The first-order chi connectivity index (χ1) is 15.4. The maximum Gasteiger partial charge on any atom is 0.332 e. The van der Waals surface area contributed by atoms with Crippen LogP contribution in [0.5, 0.6) is 0 Å². The number of aromatic nitrogens is 1. The number of imide groups is 1. The monoisotopic (exact) mass is 449 g/mol. The molecule has 174 valence electrons. The van der Waals surface area contributed by atoms with Gasteiger partial charge in [0.25, 0.3) is 11.8 Å². The van der Waals surface area contributed by atoms with Gasteiger partial charge in [-0.1, -0.05) is 6.07 Å². The van der Waals surface area contributed by atoms with Crippen molar-refractivity contribution in [3.8, 4) is 0 Å². The third kappa shape index (κ3) is 3.53. The average molecular weight is 450 g/mol. The van der Waals surface area contributed by atoms with Crippen molar-refractivity contribution in [1.29, 1.82) is 0 Å². The number of hydrogen-bond donors (Lipinski definition) is 1. The molecule has 0 radical (unpaired) electrons. The summed E-state index contributed by atoms with van der Waals surface area (Å²) in [5.41, 5.74) is 1.21. The Morgan fingerprint density at radius 3 is 2.36 bits per heavy atom. The molecule has 1 fully saturated rings. The van der Waals surface area contributed by atoms with Gasteiger partial charge in [0.15, 0.2) is 0 Å². The molecule has 2 aromatic rings. The van der Waals surface area contributed by atoms with E-state index in [0.29, 0.717) is 11.3 Å². The number of pyridine rings is 1. The van der Waals surface area contributed by atoms with Crippen LogP contribution in [0.1, 0.15) is 63.0 Å². The number of amides is 4. The smallest absolute Gasteiger partial charge is 0.332 e. The number of rotatable bonds is 5. The topological polar surface area (TPSA) is 85.9 Å². The van der Waals surface area contributed by atoms with E-state index >= 15 is 0 Å². The summed E-state index contributed by atoms with van der Waals surface area (Å²) in [6.45, 7) is 11.8. The summed E-state index contributed by atoms with van der Waals surface area (Å²) >= 11 is 0. The number of nitrogens with one attached hydrogen (secondary N) is 1. The summed E-state index contributed by atoms with van der Waals surface area (Å²) in [7, 11) is 1.76. The Morgan fingerprint density at radius 1 is 1.00 bits per heavy atom. The Kier molecular flexibility index (Phi) is 5.22. The number of carbonyl (C=O) groups excluding carboxylic acids is 3. The molecule has 0 atom stereocenters. The highest BCUT2D eigenvalue weighted by Gasteiger charge is 2.52. The maximum atomic E-state index is 13.5. The predicted molar refractivity (Wildman–Crippen MR) is 127 cm³/mol. The number of urea groups is 1. The summed E-state index contributed by atoms with van der Waals surface area (Å²) in [4.78, 5) is 48.4. The summed E-state index contributed by atoms with van der Waals surface area (Å²) in [6, 6.07) is 8.81.